The second-order valence-corrected chi connectivity index (χ2v) is 3.07. The van der Waals surface area contributed by atoms with Crippen molar-refractivity contribution in [3.8, 4) is 0 Å². The molecular formula is C10H13N3O. The highest BCUT2D eigenvalue weighted by molar-refractivity contribution is 5.76. The van der Waals surface area contributed by atoms with Crippen LogP contribution in [0.15, 0.2) is 33.6 Å². The van der Waals surface area contributed by atoms with Crippen LogP contribution in [0.25, 0.3) is 0 Å². The summed E-state index contributed by atoms with van der Waals surface area (Å²) in [6, 6.07) is 0. The number of hydrogen-bond acceptors (Lipinski definition) is 4. The maximum atomic E-state index is 10.9. The minimum Gasteiger partial charge on any atom is -0.298 e. The minimum atomic E-state index is 0.193. The molecule has 14 heavy (non-hydrogen) atoms. The molecule has 1 aliphatic carbocycles. The van der Waals surface area contributed by atoms with Gasteiger partial charge < -0.3 is 0 Å². The zero-order valence-corrected chi connectivity index (χ0v) is 8.18. The third kappa shape index (κ3) is 1.79. The van der Waals surface area contributed by atoms with Gasteiger partial charge >= 0.3 is 0 Å². The van der Waals surface area contributed by atoms with E-state index in [2.05, 4.69) is 23.6 Å². The molecule has 0 saturated heterocycles. The van der Waals surface area contributed by atoms with Crippen LogP contribution < -0.4 is 0 Å². The quantitative estimate of drug-likeness (QED) is 0.384. The van der Waals surface area contributed by atoms with Gasteiger partial charge in [0.2, 0.25) is 0 Å². The van der Waals surface area contributed by atoms with E-state index < -0.39 is 0 Å². The van der Waals surface area contributed by atoms with E-state index in [1.165, 1.54) is 5.12 Å². The van der Waals surface area contributed by atoms with Gasteiger partial charge in [-0.05, 0) is 18.4 Å². The number of aldehydes is 1. The van der Waals surface area contributed by atoms with Crippen molar-refractivity contribution in [2.24, 2.45) is 16.1 Å². The average molecular weight is 191 g/mol. The molecule has 4 nitrogen and oxygen atoms in total. The molecule has 0 heterocycles. The number of hydrazone groups is 2. The summed E-state index contributed by atoms with van der Waals surface area (Å²) in [6.07, 6.45) is 5.50. The first kappa shape index (κ1) is 10.4. The summed E-state index contributed by atoms with van der Waals surface area (Å²) in [5.74, 6) is 0.193. The molecule has 0 aromatic rings. The molecule has 1 rings (SSSR count). The molecule has 1 unspecified atom stereocenters. The summed E-state index contributed by atoms with van der Waals surface area (Å²) in [4.78, 5) is 10.9. The Labute approximate surface area is 83.3 Å². The van der Waals surface area contributed by atoms with Crippen molar-refractivity contribution in [1.29, 1.82) is 0 Å². The van der Waals surface area contributed by atoms with E-state index in [1.54, 1.807) is 0 Å². The van der Waals surface area contributed by atoms with Crippen molar-refractivity contribution in [3.63, 3.8) is 0 Å². The van der Waals surface area contributed by atoms with E-state index in [4.69, 9.17) is 0 Å². The van der Waals surface area contributed by atoms with Gasteiger partial charge in [-0.3, -0.25) is 4.79 Å². The average Bonchev–Trinajstić information content (AvgIpc) is 2.20. The van der Waals surface area contributed by atoms with Gasteiger partial charge in [0.05, 0.1) is 5.70 Å². The smallest absolute Gasteiger partial charge is 0.148 e. The minimum absolute atomic E-state index is 0.193. The van der Waals surface area contributed by atoms with Gasteiger partial charge in [0.1, 0.15) is 6.29 Å². The first-order valence-electron chi connectivity index (χ1n) is 4.33. The van der Waals surface area contributed by atoms with Gasteiger partial charge in [-0.15, -0.1) is 0 Å². The molecule has 0 fully saturated rings. The van der Waals surface area contributed by atoms with E-state index in [0.717, 1.165) is 12.7 Å². The summed E-state index contributed by atoms with van der Waals surface area (Å²) in [5, 5.41) is 8.56. The van der Waals surface area contributed by atoms with Crippen LogP contribution in [0.3, 0.4) is 0 Å². The zero-order chi connectivity index (χ0) is 10.6. The first-order chi connectivity index (χ1) is 6.74. The number of rotatable bonds is 4. The standard InChI is InChI=1S/C10H13N3O/c1-8-5-4-6-10(9(8)7-14)13(11-2)12-3/h4,6-8H,2-3,5H2,1H3. The molecule has 74 valence electrons. The van der Waals surface area contributed by atoms with Crippen LogP contribution in [0, 0.1) is 5.92 Å². The van der Waals surface area contributed by atoms with E-state index in [1.807, 2.05) is 19.1 Å². The Morgan fingerprint density at radius 3 is 2.71 bits per heavy atom. The normalized spacial score (nSPS) is 20.5. The van der Waals surface area contributed by atoms with E-state index in [9.17, 15) is 4.79 Å². The Hall–Kier alpha value is -1.71. The van der Waals surface area contributed by atoms with Crippen LogP contribution in [0.2, 0.25) is 0 Å². The molecule has 0 saturated carbocycles. The van der Waals surface area contributed by atoms with Crippen LogP contribution in [-0.2, 0) is 4.79 Å². The summed E-state index contributed by atoms with van der Waals surface area (Å²) in [7, 11) is 0. The van der Waals surface area contributed by atoms with E-state index >= 15 is 0 Å². The predicted octanol–water partition coefficient (Wildman–Crippen LogP) is 1.57. The molecule has 1 atom stereocenters. The highest BCUT2D eigenvalue weighted by atomic mass is 16.1. The highest BCUT2D eigenvalue weighted by Crippen LogP contribution is 2.25. The monoisotopic (exact) mass is 191 g/mol. The Kier molecular flexibility index (Phi) is 3.34. The van der Waals surface area contributed by atoms with Crippen LogP contribution in [0.1, 0.15) is 13.3 Å². The fourth-order valence-corrected chi connectivity index (χ4v) is 1.42. The Morgan fingerprint density at radius 2 is 2.21 bits per heavy atom. The van der Waals surface area contributed by atoms with Crippen molar-refractivity contribution >= 4 is 19.7 Å². The van der Waals surface area contributed by atoms with Gasteiger partial charge in [0, 0.05) is 19.0 Å². The maximum absolute atomic E-state index is 10.9. The molecule has 0 aliphatic heterocycles. The number of nitrogens with zero attached hydrogens (tertiary/aromatic N) is 3. The largest absolute Gasteiger partial charge is 0.298 e. The Morgan fingerprint density at radius 1 is 1.57 bits per heavy atom. The molecule has 0 aromatic heterocycles. The molecule has 4 heteroatoms. The fourth-order valence-electron chi connectivity index (χ4n) is 1.42. The molecule has 0 radical (unpaired) electrons. The number of carbonyl (C=O) groups excluding carboxylic acids is 1. The fraction of sp³-hybridized carbons (Fsp3) is 0.300. The molecule has 1 aliphatic rings. The molecular weight excluding hydrogens is 178 g/mol. The SMILES string of the molecule is C=NN(N=C)C1=C(C=O)C(C)CC=C1. The van der Waals surface area contributed by atoms with Crippen LogP contribution in [0.4, 0.5) is 0 Å². The van der Waals surface area contributed by atoms with Gasteiger partial charge in [0.15, 0.2) is 0 Å². The molecule has 0 spiro atoms. The third-order valence-corrected chi connectivity index (χ3v) is 2.20. The summed E-state index contributed by atoms with van der Waals surface area (Å²) >= 11 is 0. The van der Waals surface area contributed by atoms with Gasteiger partial charge in [-0.1, -0.05) is 13.0 Å². The van der Waals surface area contributed by atoms with Crippen LogP contribution in [-0.4, -0.2) is 24.8 Å². The van der Waals surface area contributed by atoms with Crippen LogP contribution in [0.5, 0.6) is 0 Å². The maximum Gasteiger partial charge on any atom is 0.148 e. The molecule has 0 aromatic carbocycles. The molecule has 0 amide bonds. The van der Waals surface area contributed by atoms with E-state index in [0.29, 0.717) is 11.3 Å². The van der Waals surface area contributed by atoms with E-state index in [-0.39, 0.29) is 5.92 Å². The van der Waals surface area contributed by atoms with Crippen molar-refractivity contribution in [3.05, 3.63) is 23.4 Å². The Bertz CT molecular complexity index is 309. The number of carbonyl (C=O) groups is 1. The van der Waals surface area contributed by atoms with Gasteiger partial charge in [-0.25, -0.2) is 0 Å². The molecule has 0 N–H and O–H groups in total. The van der Waals surface area contributed by atoms with Crippen molar-refractivity contribution in [1.82, 2.24) is 5.12 Å². The lowest BCUT2D eigenvalue weighted by Crippen LogP contribution is -2.16. The summed E-state index contributed by atoms with van der Waals surface area (Å²) < 4.78 is 0. The third-order valence-electron chi connectivity index (χ3n) is 2.20. The Balaban J connectivity index is 3.13. The van der Waals surface area contributed by atoms with Gasteiger partial charge in [-0.2, -0.15) is 15.3 Å². The zero-order valence-electron chi connectivity index (χ0n) is 8.18. The van der Waals surface area contributed by atoms with Crippen molar-refractivity contribution in [2.75, 3.05) is 0 Å². The number of allylic oxidation sites excluding steroid dienone is 3. The lowest BCUT2D eigenvalue weighted by atomic mass is 9.92. The second kappa shape index (κ2) is 4.50. The number of hydrogen-bond donors (Lipinski definition) is 0. The second-order valence-electron chi connectivity index (χ2n) is 3.07. The van der Waals surface area contributed by atoms with Crippen LogP contribution >= 0.6 is 0 Å². The predicted molar refractivity (Wildman–Crippen MR) is 56.9 cm³/mol. The van der Waals surface area contributed by atoms with Crippen molar-refractivity contribution in [2.45, 2.75) is 13.3 Å². The molecule has 0 bridgehead atoms. The highest BCUT2D eigenvalue weighted by Gasteiger charge is 2.18. The summed E-state index contributed by atoms with van der Waals surface area (Å²) in [5.41, 5.74) is 1.34. The topological polar surface area (TPSA) is 45.0 Å². The summed E-state index contributed by atoms with van der Waals surface area (Å²) in [6.45, 7) is 8.70. The lowest BCUT2D eigenvalue weighted by molar-refractivity contribution is -0.105. The van der Waals surface area contributed by atoms with Gasteiger partial charge in [0.25, 0.3) is 0 Å². The lowest BCUT2D eigenvalue weighted by Gasteiger charge is -2.21. The van der Waals surface area contributed by atoms with Crippen molar-refractivity contribution < 1.29 is 4.79 Å². The first-order valence-corrected chi connectivity index (χ1v) is 4.33.